The lowest BCUT2D eigenvalue weighted by atomic mass is 10.1. The molecule has 0 unspecified atom stereocenters. The molecule has 2 aromatic carbocycles. The molecule has 1 amide bonds. The molecule has 210 valence electrons. The Hall–Kier alpha value is -4.47. The minimum atomic E-state index is -0.713. The van der Waals surface area contributed by atoms with Crippen LogP contribution in [0.4, 0.5) is 15.9 Å². The van der Waals surface area contributed by atoms with Gasteiger partial charge in [0, 0.05) is 25.1 Å². The van der Waals surface area contributed by atoms with Gasteiger partial charge < -0.3 is 10.6 Å². The second-order valence-electron chi connectivity index (χ2n) is 9.78. The Morgan fingerprint density at radius 3 is 2.48 bits per heavy atom. The van der Waals surface area contributed by atoms with Gasteiger partial charge in [0.25, 0.3) is 11.1 Å². The Labute approximate surface area is 230 Å². The van der Waals surface area contributed by atoms with E-state index in [-0.39, 0.29) is 39.9 Å². The maximum Gasteiger partial charge on any atom is 0.333 e. The molecule has 0 saturated heterocycles. The number of amides is 1. The fourth-order valence-electron chi connectivity index (χ4n) is 4.61. The van der Waals surface area contributed by atoms with E-state index in [0.29, 0.717) is 24.1 Å². The third-order valence-corrected chi connectivity index (χ3v) is 6.79. The summed E-state index contributed by atoms with van der Waals surface area (Å²) in [6.45, 7) is 7.29. The number of carbonyl (C=O) groups excluding carboxylic acids is 1. The second kappa shape index (κ2) is 11.7. The summed E-state index contributed by atoms with van der Waals surface area (Å²) in [5.41, 5.74) is 0.500. The standard InChI is InChI=1S/C28H28FN5O4.C2H6/c1-15-7-11-21(20(29)13-15)31-25-23-24(16(2)27(37)33(25)3)34(28(38)32-26(23)36)19-6-4-5-17(14-19)8-12-22(35)30-18-9-10-18;1-2/h4-7,11,13-14,18,31H,8-10,12H2,1-3H3,(H,30,35)(H,32,36,38);1-2H3. The number of benzene rings is 2. The molecule has 0 aliphatic heterocycles. The van der Waals surface area contributed by atoms with Gasteiger partial charge >= 0.3 is 5.69 Å². The summed E-state index contributed by atoms with van der Waals surface area (Å²) in [6.07, 6.45) is 2.78. The van der Waals surface area contributed by atoms with Crippen LogP contribution in [0, 0.1) is 19.7 Å². The van der Waals surface area contributed by atoms with Crippen LogP contribution in [0.5, 0.6) is 0 Å². The van der Waals surface area contributed by atoms with E-state index in [1.807, 2.05) is 19.9 Å². The first-order chi connectivity index (χ1) is 19.1. The molecular formula is C30H34FN5O4. The minimum Gasteiger partial charge on any atom is -0.353 e. The molecule has 1 aliphatic carbocycles. The smallest absolute Gasteiger partial charge is 0.333 e. The number of aromatic nitrogens is 3. The zero-order valence-corrected chi connectivity index (χ0v) is 23.4. The van der Waals surface area contributed by atoms with Crippen molar-refractivity contribution in [1.82, 2.24) is 19.4 Å². The van der Waals surface area contributed by atoms with Gasteiger partial charge in [-0.05, 0) is 68.5 Å². The van der Waals surface area contributed by atoms with E-state index >= 15 is 0 Å². The van der Waals surface area contributed by atoms with Crippen LogP contribution >= 0.6 is 0 Å². The molecule has 2 aromatic heterocycles. The fourth-order valence-corrected chi connectivity index (χ4v) is 4.61. The van der Waals surface area contributed by atoms with Crippen LogP contribution in [0.1, 0.15) is 49.8 Å². The number of pyridine rings is 1. The van der Waals surface area contributed by atoms with E-state index in [0.717, 1.165) is 18.4 Å². The summed E-state index contributed by atoms with van der Waals surface area (Å²) in [5, 5.41) is 5.89. The number of nitrogens with zero attached hydrogens (tertiary/aromatic N) is 2. The predicted octanol–water partition coefficient (Wildman–Crippen LogP) is 4.11. The highest BCUT2D eigenvalue weighted by Gasteiger charge is 2.23. The van der Waals surface area contributed by atoms with E-state index < -0.39 is 22.6 Å². The third-order valence-electron chi connectivity index (χ3n) is 6.79. The number of hydrogen-bond acceptors (Lipinski definition) is 5. The first-order valence-electron chi connectivity index (χ1n) is 13.4. The number of nitrogens with one attached hydrogen (secondary N) is 3. The maximum atomic E-state index is 14.7. The predicted molar refractivity (Wildman–Crippen MR) is 155 cm³/mol. The van der Waals surface area contributed by atoms with Gasteiger partial charge in [0.15, 0.2) is 0 Å². The van der Waals surface area contributed by atoms with E-state index in [2.05, 4.69) is 15.6 Å². The fraction of sp³-hybridized carbons (Fsp3) is 0.333. The minimum absolute atomic E-state index is 0.0250. The van der Waals surface area contributed by atoms with Gasteiger partial charge in [-0.3, -0.25) is 28.5 Å². The molecule has 1 saturated carbocycles. The number of fused-ring (bicyclic) bond motifs is 1. The monoisotopic (exact) mass is 547 g/mol. The Bertz CT molecular complexity index is 1770. The molecular weight excluding hydrogens is 513 g/mol. The van der Waals surface area contributed by atoms with Crippen LogP contribution in [-0.2, 0) is 18.3 Å². The van der Waals surface area contributed by atoms with Crippen molar-refractivity contribution >= 4 is 28.3 Å². The van der Waals surface area contributed by atoms with Crippen LogP contribution in [0.2, 0.25) is 0 Å². The number of rotatable bonds is 7. The summed E-state index contributed by atoms with van der Waals surface area (Å²) in [6, 6.07) is 11.9. The Kier molecular flexibility index (Phi) is 8.37. The van der Waals surface area contributed by atoms with E-state index in [9.17, 15) is 23.6 Å². The average Bonchev–Trinajstić information content (AvgIpc) is 3.75. The molecule has 9 nitrogen and oxygen atoms in total. The molecule has 1 fully saturated rings. The summed E-state index contributed by atoms with van der Waals surface area (Å²) in [5.74, 6) is -0.515. The largest absolute Gasteiger partial charge is 0.353 e. The lowest BCUT2D eigenvalue weighted by Crippen LogP contribution is -2.34. The number of H-pyrrole nitrogens is 1. The van der Waals surface area contributed by atoms with Gasteiger partial charge in [0.05, 0.1) is 16.9 Å². The van der Waals surface area contributed by atoms with Crippen molar-refractivity contribution in [3.05, 3.63) is 96.2 Å². The van der Waals surface area contributed by atoms with Crippen LogP contribution in [0.15, 0.2) is 56.8 Å². The molecule has 0 atom stereocenters. The van der Waals surface area contributed by atoms with Crippen molar-refractivity contribution in [2.24, 2.45) is 7.05 Å². The molecule has 5 rings (SSSR count). The van der Waals surface area contributed by atoms with Crippen molar-refractivity contribution < 1.29 is 9.18 Å². The molecule has 0 radical (unpaired) electrons. The van der Waals surface area contributed by atoms with Crippen LogP contribution in [0.25, 0.3) is 16.6 Å². The van der Waals surface area contributed by atoms with E-state index in [1.54, 1.807) is 38.1 Å². The number of halogens is 1. The lowest BCUT2D eigenvalue weighted by molar-refractivity contribution is -0.121. The van der Waals surface area contributed by atoms with Gasteiger partial charge in [0.1, 0.15) is 17.0 Å². The van der Waals surface area contributed by atoms with Gasteiger partial charge in [-0.25, -0.2) is 9.18 Å². The van der Waals surface area contributed by atoms with Crippen molar-refractivity contribution in [2.45, 2.75) is 59.4 Å². The summed E-state index contributed by atoms with van der Waals surface area (Å²) in [7, 11) is 1.48. The molecule has 2 heterocycles. The van der Waals surface area contributed by atoms with Crippen molar-refractivity contribution in [1.29, 1.82) is 0 Å². The summed E-state index contributed by atoms with van der Waals surface area (Å²) in [4.78, 5) is 54.0. The SMILES string of the molecule is CC.Cc1ccc(Nc2c3c(=O)[nH]c(=O)n(-c4cccc(CCC(=O)NC5CC5)c4)c3c(C)c(=O)n2C)c(F)c1. The molecule has 3 N–H and O–H groups in total. The number of aryl methyl sites for hydroxylation is 3. The van der Waals surface area contributed by atoms with Crippen LogP contribution in [-0.4, -0.2) is 26.1 Å². The van der Waals surface area contributed by atoms with E-state index in [1.165, 1.54) is 28.3 Å². The maximum absolute atomic E-state index is 14.7. The lowest BCUT2D eigenvalue weighted by Gasteiger charge is -2.19. The topological polar surface area (TPSA) is 118 Å². The van der Waals surface area contributed by atoms with Gasteiger partial charge in [-0.2, -0.15) is 0 Å². The second-order valence-corrected chi connectivity index (χ2v) is 9.78. The number of carbonyl (C=O) groups is 1. The van der Waals surface area contributed by atoms with Crippen molar-refractivity contribution in [2.75, 3.05) is 5.32 Å². The molecule has 0 spiro atoms. The summed E-state index contributed by atoms with van der Waals surface area (Å²) >= 11 is 0. The highest BCUT2D eigenvalue weighted by atomic mass is 19.1. The molecule has 10 heteroatoms. The average molecular weight is 548 g/mol. The number of anilines is 2. The van der Waals surface area contributed by atoms with Crippen LogP contribution < -0.4 is 27.4 Å². The normalized spacial score (nSPS) is 12.6. The first-order valence-corrected chi connectivity index (χ1v) is 13.4. The van der Waals surface area contributed by atoms with Gasteiger partial charge in [-0.15, -0.1) is 0 Å². The zero-order chi connectivity index (χ0) is 29.1. The Morgan fingerprint density at radius 1 is 1.07 bits per heavy atom. The first kappa shape index (κ1) is 28.5. The van der Waals surface area contributed by atoms with E-state index in [4.69, 9.17) is 0 Å². The van der Waals surface area contributed by atoms with Crippen molar-refractivity contribution in [3.8, 4) is 5.69 Å². The molecule has 40 heavy (non-hydrogen) atoms. The number of aromatic amines is 1. The quantitative estimate of drug-likeness (QED) is 0.322. The third kappa shape index (κ3) is 5.75. The molecule has 4 aromatic rings. The number of hydrogen-bond donors (Lipinski definition) is 3. The molecule has 0 bridgehead atoms. The zero-order valence-electron chi connectivity index (χ0n) is 23.4. The molecule has 1 aliphatic rings. The van der Waals surface area contributed by atoms with Crippen LogP contribution in [0.3, 0.4) is 0 Å². The highest BCUT2D eigenvalue weighted by molar-refractivity contribution is 5.93. The Balaban J connectivity index is 0.00000181. The highest BCUT2D eigenvalue weighted by Crippen LogP contribution is 2.27. The van der Waals surface area contributed by atoms with Crippen molar-refractivity contribution in [3.63, 3.8) is 0 Å². The van der Waals surface area contributed by atoms with Gasteiger partial charge in [0.2, 0.25) is 5.91 Å². The Morgan fingerprint density at radius 2 is 1.80 bits per heavy atom. The van der Waals surface area contributed by atoms with Gasteiger partial charge in [-0.1, -0.05) is 32.0 Å². The summed E-state index contributed by atoms with van der Waals surface area (Å²) < 4.78 is 17.2.